The van der Waals surface area contributed by atoms with Gasteiger partial charge < -0.3 is 30.2 Å². The first-order valence-electron chi connectivity index (χ1n) is 8.49. The topological polar surface area (TPSA) is 139 Å². The van der Waals surface area contributed by atoms with E-state index in [-0.39, 0.29) is 59.1 Å². The van der Waals surface area contributed by atoms with Crippen molar-refractivity contribution >= 4 is 29.0 Å². The number of aliphatic carboxylic acids is 1. The molecule has 31 heavy (non-hydrogen) atoms. The molecule has 1 atom stereocenters. The first-order chi connectivity index (χ1) is 13.8. The summed E-state index contributed by atoms with van der Waals surface area (Å²) in [5, 5.41) is 30.3. The van der Waals surface area contributed by atoms with Crippen LogP contribution < -0.4 is 85.5 Å². The number of hydrogen-bond donors (Lipinski definition) is 2. The number of aromatic nitrogens is 2. The summed E-state index contributed by atoms with van der Waals surface area (Å²) in [6, 6.07) is 6.23. The summed E-state index contributed by atoms with van der Waals surface area (Å²) in [6.45, 7) is 0. The number of carbonyl (C=O) groups is 2. The summed E-state index contributed by atoms with van der Waals surface area (Å²) < 4.78 is 1.15. The van der Waals surface area contributed by atoms with Gasteiger partial charge in [0.15, 0.2) is 0 Å². The molecule has 2 heterocycles. The Balaban J connectivity index is 0.00000240. The van der Waals surface area contributed by atoms with Crippen LogP contribution in [0.25, 0.3) is 10.6 Å². The van der Waals surface area contributed by atoms with Crippen molar-refractivity contribution in [3.63, 3.8) is 0 Å². The molecule has 0 radical (unpaired) electrons. The van der Waals surface area contributed by atoms with Gasteiger partial charge in [-0.05, 0) is 11.6 Å². The number of urea groups is 1. The number of nitrogens with zero attached hydrogens (tertiary/aromatic N) is 2. The van der Waals surface area contributed by atoms with Gasteiger partial charge in [0.25, 0.3) is 5.56 Å². The van der Waals surface area contributed by atoms with Gasteiger partial charge in [0, 0.05) is 42.8 Å². The molecular formula is C19H16N4Na2O5S. The maximum absolute atomic E-state index is 12.4. The number of aryl methyl sites for hydroxylation is 1. The minimum Gasteiger partial charge on any atom is -0.871 e. The zero-order valence-corrected chi connectivity index (χ0v) is 22.1. The third-order valence-corrected chi connectivity index (χ3v) is 4.94. The van der Waals surface area contributed by atoms with Crippen LogP contribution >= 0.6 is 11.3 Å². The van der Waals surface area contributed by atoms with Crippen molar-refractivity contribution in [2.24, 2.45) is 7.05 Å². The Morgan fingerprint density at radius 1 is 1.26 bits per heavy atom. The van der Waals surface area contributed by atoms with Crippen molar-refractivity contribution < 1.29 is 78.9 Å². The maximum Gasteiger partial charge on any atom is 1.00 e. The fraction of sp³-hybridized carbons (Fsp3) is 0.158. The van der Waals surface area contributed by atoms with E-state index in [4.69, 9.17) is 0 Å². The summed E-state index contributed by atoms with van der Waals surface area (Å²) in [6.07, 6.45) is 2.44. The van der Waals surface area contributed by atoms with Gasteiger partial charge in [-0.2, -0.15) is 0 Å². The Bertz CT molecular complexity index is 1100. The third kappa shape index (κ3) is 7.18. The molecule has 150 valence electrons. The Kier molecular flexibility index (Phi) is 10.9. The van der Waals surface area contributed by atoms with Gasteiger partial charge in [-0.15, -0.1) is 11.3 Å². The van der Waals surface area contributed by atoms with Gasteiger partial charge in [-0.25, -0.2) is 9.78 Å². The second-order valence-corrected chi connectivity index (χ2v) is 7.06. The monoisotopic (exact) mass is 458 g/mol. The Morgan fingerprint density at radius 3 is 2.65 bits per heavy atom. The zero-order valence-electron chi connectivity index (χ0n) is 17.2. The van der Waals surface area contributed by atoms with Crippen LogP contribution in [-0.2, 0) is 11.8 Å². The van der Waals surface area contributed by atoms with E-state index < -0.39 is 41.5 Å². The number of benzene rings is 1. The van der Waals surface area contributed by atoms with Gasteiger partial charge in [-0.3, -0.25) is 4.79 Å². The number of pyridine rings is 1. The van der Waals surface area contributed by atoms with Crippen LogP contribution in [0, 0.1) is 0 Å². The van der Waals surface area contributed by atoms with Crippen molar-refractivity contribution in [3.05, 3.63) is 64.0 Å². The molecule has 0 aliphatic heterocycles. The molecule has 12 heteroatoms. The molecular weight excluding hydrogens is 442 g/mol. The van der Waals surface area contributed by atoms with Gasteiger partial charge in [-0.1, -0.05) is 30.0 Å². The molecule has 9 nitrogen and oxygen atoms in total. The molecule has 0 saturated heterocycles. The van der Waals surface area contributed by atoms with Crippen LogP contribution in [0.2, 0.25) is 0 Å². The summed E-state index contributed by atoms with van der Waals surface area (Å²) in [5.74, 6) is -2.01. The minimum absolute atomic E-state index is 0. The van der Waals surface area contributed by atoms with Gasteiger partial charge >= 0.3 is 65.1 Å². The first-order valence-corrected chi connectivity index (χ1v) is 9.37. The molecule has 2 amide bonds. The van der Waals surface area contributed by atoms with Crippen molar-refractivity contribution in [2.45, 2.75) is 12.5 Å². The molecule has 1 aromatic carbocycles. The largest absolute Gasteiger partial charge is 1.00 e. The molecule has 0 fully saturated rings. The summed E-state index contributed by atoms with van der Waals surface area (Å²) in [4.78, 5) is 39.8. The van der Waals surface area contributed by atoms with Crippen molar-refractivity contribution in [3.8, 4) is 16.3 Å². The SMILES string of the molecule is Cn1ccc([O-])c(NC(=O)N[C@@H](CC(=O)[O-])c2cccc(-c3nccs3)c2)c1=O.[Na+].[Na+]. The summed E-state index contributed by atoms with van der Waals surface area (Å²) in [5.41, 5.74) is 0.188. The molecule has 0 spiro atoms. The number of carboxylic acids is 1. The van der Waals surface area contributed by atoms with Crippen LogP contribution in [0.4, 0.5) is 10.5 Å². The maximum atomic E-state index is 12.4. The third-order valence-electron chi connectivity index (χ3n) is 4.11. The number of amides is 2. The molecule has 0 aliphatic rings. The number of carbonyl (C=O) groups excluding carboxylic acids is 2. The average molecular weight is 458 g/mol. The summed E-state index contributed by atoms with van der Waals surface area (Å²) in [7, 11) is 1.44. The predicted octanol–water partition coefficient (Wildman–Crippen LogP) is -5.41. The molecule has 0 unspecified atom stereocenters. The molecule has 3 rings (SSSR count). The van der Waals surface area contributed by atoms with E-state index in [1.54, 1.807) is 24.4 Å². The van der Waals surface area contributed by atoms with Crippen LogP contribution in [0.5, 0.6) is 5.75 Å². The Morgan fingerprint density at radius 2 is 2.00 bits per heavy atom. The Hall–Kier alpha value is -1.66. The number of nitrogens with one attached hydrogen (secondary N) is 2. The van der Waals surface area contributed by atoms with Crippen LogP contribution in [0.1, 0.15) is 18.0 Å². The number of anilines is 1. The van der Waals surface area contributed by atoms with Crippen LogP contribution in [-0.4, -0.2) is 21.6 Å². The Labute approximate surface area is 226 Å². The van der Waals surface area contributed by atoms with Crippen molar-refractivity contribution in [1.29, 1.82) is 0 Å². The molecule has 0 saturated carbocycles. The van der Waals surface area contributed by atoms with Gasteiger partial charge in [0.2, 0.25) is 0 Å². The van der Waals surface area contributed by atoms with E-state index in [2.05, 4.69) is 15.6 Å². The number of thiazole rings is 1. The normalized spacial score (nSPS) is 10.9. The molecule has 0 bridgehead atoms. The van der Waals surface area contributed by atoms with E-state index >= 15 is 0 Å². The van der Waals surface area contributed by atoms with E-state index in [0.29, 0.717) is 5.56 Å². The smallest absolute Gasteiger partial charge is 0.871 e. The molecule has 0 aliphatic carbocycles. The fourth-order valence-electron chi connectivity index (χ4n) is 2.71. The first kappa shape index (κ1) is 27.4. The molecule has 2 aromatic heterocycles. The van der Waals surface area contributed by atoms with Gasteiger partial charge in [0.05, 0.1) is 6.04 Å². The van der Waals surface area contributed by atoms with Crippen LogP contribution in [0.3, 0.4) is 0 Å². The molecule has 2 N–H and O–H groups in total. The van der Waals surface area contributed by atoms with Crippen LogP contribution in [0.15, 0.2) is 52.9 Å². The van der Waals surface area contributed by atoms with E-state index in [1.165, 1.54) is 24.6 Å². The second-order valence-electron chi connectivity index (χ2n) is 6.16. The average Bonchev–Trinajstić information content (AvgIpc) is 3.22. The number of carboxylic acid groups (broad SMARTS) is 1. The van der Waals surface area contributed by atoms with E-state index in [1.807, 2.05) is 11.4 Å². The number of hydrogen-bond acceptors (Lipinski definition) is 7. The van der Waals surface area contributed by atoms with Gasteiger partial charge in [0.1, 0.15) is 10.7 Å². The fourth-order valence-corrected chi connectivity index (χ4v) is 3.34. The second kappa shape index (κ2) is 12.4. The van der Waals surface area contributed by atoms with E-state index in [9.17, 15) is 24.6 Å². The van der Waals surface area contributed by atoms with Crippen molar-refractivity contribution in [2.75, 3.05) is 5.32 Å². The standard InChI is InChI=1S/C19H18N4O5S.2Na/c1-23-7-5-14(24)16(18(23)27)22-19(28)21-13(10-15(25)26)11-3-2-4-12(9-11)17-20-6-8-29-17;;/h2-9,13,24H,10H2,1H3,(H,25,26)(H2,21,22,28);;/q;2*+1/p-2/t13-;;/m0../s1. The summed E-state index contributed by atoms with van der Waals surface area (Å²) >= 11 is 1.42. The van der Waals surface area contributed by atoms with Crippen molar-refractivity contribution in [1.82, 2.24) is 14.9 Å². The number of rotatable bonds is 6. The van der Waals surface area contributed by atoms with E-state index in [0.717, 1.165) is 21.2 Å². The zero-order chi connectivity index (χ0) is 21.0. The minimum atomic E-state index is -1.37. The predicted molar refractivity (Wildman–Crippen MR) is 103 cm³/mol. The molecule has 3 aromatic rings. The quantitative estimate of drug-likeness (QED) is 0.354.